The van der Waals surface area contributed by atoms with Gasteiger partial charge >= 0.3 is 11.9 Å². The highest BCUT2D eigenvalue weighted by Gasteiger charge is 2.23. The molecule has 0 radical (unpaired) electrons. The zero-order chi connectivity index (χ0) is 18.5. The molecule has 0 heterocycles. The lowest BCUT2D eigenvalue weighted by atomic mass is 10.2. The molecule has 1 rings (SSSR count). The molecule has 0 N–H and O–H groups in total. The number of ether oxygens (including phenoxy) is 5. The smallest absolute Gasteiger partial charge is 0.320 e. The highest BCUT2D eigenvalue weighted by atomic mass is 16.6. The van der Waals surface area contributed by atoms with Crippen LogP contribution < -0.4 is 14.2 Å². The molecular formula is C17H26O7. The molecule has 0 aliphatic carbocycles. The van der Waals surface area contributed by atoms with Crippen LogP contribution in [-0.2, 0) is 19.1 Å². The minimum atomic E-state index is -0.815. The summed E-state index contributed by atoms with van der Waals surface area (Å²) in [5, 5.41) is 0. The SMILES string of the molecule is CCOC(=O)C(C)C(=O)OCC.COc1ccc(OC)c(OC)c1. The second kappa shape index (κ2) is 12.0. The Hall–Kier alpha value is -2.44. The summed E-state index contributed by atoms with van der Waals surface area (Å²) in [5.41, 5.74) is 0. The number of rotatable bonds is 7. The van der Waals surface area contributed by atoms with E-state index in [1.807, 2.05) is 6.07 Å². The van der Waals surface area contributed by atoms with E-state index in [9.17, 15) is 9.59 Å². The van der Waals surface area contributed by atoms with E-state index >= 15 is 0 Å². The van der Waals surface area contributed by atoms with Gasteiger partial charge in [0, 0.05) is 6.07 Å². The molecule has 136 valence electrons. The van der Waals surface area contributed by atoms with Gasteiger partial charge in [-0.2, -0.15) is 0 Å². The van der Waals surface area contributed by atoms with E-state index in [4.69, 9.17) is 14.2 Å². The van der Waals surface area contributed by atoms with Crippen molar-refractivity contribution in [3.63, 3.8) is 0 Å². The van der Waals surface area contributed by atoms with Crippen molar-refractivity contribution in [2.45, 2.75) is 20.8 Å². The fraction of sp³-hybridized carbons (Fsp3) is 0.529. The number of esters is 2. The lowest BCUT2D eigenvalue weighted by Gasteiger charge is -2.08. The van der Waals surface area contributed by atoms with Gasteiger partial charge in [-0.25, -0.2) is 0 Å². The molecule has 0 amide bonds. The molecule has 1 aromatic carbocycles. The summed E-state index contributed by atoms with van der Waals surface area (Å²) in [6.45, 7) is 5.41. The average Bonchev–Trinajstić information content (AvgIpc) is 2.61. The first-order valence-electron chi connectivity index (χ1n) is 7.54. The normalized spacial score (nSPS) is 9.46. The molecule has 0 unspecified atom stereocenters. The number of methoxy groups -OCH3 is 3. The maximum Gasteiger partial charge on any atom is 0.320 e. The average molecular weight is 342 g/mol. The van der Waals surface area contributed by atoms with Gasteiger partial charge in [-0.15, -0.1) is 0 Å². The van der Waals surface area contributed by atoms with Gasteiger partial charge in [-0.3, -0.25) is 9.59 Å². The topological polar surface area (TPSA) is 80.3 Å². The van der Waals surface area contributed by atoms with Crippen molar-refractivity contribution >= 4 is 11.9 Å². The van der Waals surface area contributed by atoms with E-state index < -0.39 is 17.9 Å². The van der Waals surface area contributed by atoms with Crippen molar-refractivity contribution in [1.29, 1.82) is 0 Å². The van der Waals surface area contributed by atoms with Crippen molar-refractivity contribution in [1.82, 2.24) is 0 Å². The van der Waals surface area contributed by atoms with Gasteiger partial charge in [0.1, 0.15) is 5.75 Å². The lowest BCUT2D eigenvalue weighted by molar-refractivity contribution is -0.160. The second-order valence-electron chi connectivity index (χ2n) is 4.45. The van der Waals surface area contributed by atoms with Gasteiger partial charge in [-0.05, 0) is 32.9 Å². The molecule has 0 fully saturated rings. The van der Waals surface area contributed by atoms with Crippen molar-refractivity contribution in [2.24, 2.45) is 5.92 Å². The number of hydrogen-bond acceptors (Lipinski definition) is 7. The van der Waals surface area contributed by atoms with Gasteiger partial charge in [0.2, 0.25) is 0 Å². The van der Waals surface area contributed by atoms with Crippen LogP contribution in [0.3, 0.4) is 0 Å². The van der Waals surface area contributed by atoms with Crippen molar-refractivity contribution in [3.8, 4) is 17.2 Å². The van der Waals surface area contributed by atoms with Gasteiger partial charge in [-0.1, -0.05) is 0 Å². The predicted octanol–water partition coefficient (Wildman–Crippen LogP) is 2.46. The van der Waals surface area contributed by atoms with Gasteiger partial charge < -0.3 is 23.7 Å². The Morgan fingerprint density at radius 3 is 1.75 bits per heavy atom. The largest absolute Gasteiger partial charge is 0.497 e. The Labute approximate surface area is 142 Å². The molecule has 0 aromatic heterocycles. The summed E-state index contributed by atoms with van der Waals surface area (Å²) in [4.78, 5) is 21.9. The van der Waals surface area contributed by atoms with Gasteiger partial charge in [0.15, 0.2) is 17.4 Å². The van der Waals surface area contributed by atoms with Crippen molar-refractivity contribution in [3.05, 3.63) is 18.2 Å². The van der Waals surface area contributed by atoms with E-state index in [2.05, 4.69) is 9.47 Å². The third-order valence-electron chi connectivity index (χ3n) is 2.87. The van der Waals surface area contributed by atoms with Crippen molar-refractivity contribution < 1.29 is 33.3 Å². The first kappa shape index (κ1) is 21.6. The van der Waals surface area contributed by atoms with Crippen LogP contribution in [0.25, 0.3) is 0 Å². The summed E-state index contributed by atoms with van der Waals surface area (Å²) in [7, 11) is 4.81. The molecular weight excluding hydrogens is 316 g/mol. The third-order valence-corrected chi connectivity index (χ3v) is 2.87. The maximum atomic E-state index is 10.9. The lowest BCUT2D eigenvalue weighted by Crippen LogP contribution is -2.25. The molecule has 0 bridgehead atoms. The minimum Gasteiger partial charge on any atom is -0.497 e. The van der Waals surface area contributed by atoms with E-state index in [0.717, 1.165) is 5.75 Å². The molecule has 24 heavy (non-hydrogen) atoms. The monoisotopic (exact) mass is 342 g/mol. The first-order valence-corrected chi connectivity index (χ1v) is 7.54. The van der Waals surface area contributed by atoms with E-state index in [1.54, 1.807) is 47.3 Å². The standard InChI is InChI=1S/C9H12O3.C8H14O4/c1-10-7-4-5-8(11-2)9(6-7)12-3;1-4-11-7(9)6(3)8(10)12-5-2/h4-6H,1-3H3;6H,4-5H2,1-3H3. The number of benzene rings is 1. The van der Waals surface area contributed by atoms with Crippen LogP contribution in [0.4, 0.5) is 0 Å². The Balaban J connectivity index is 0.000000441. The highest BCUT2D eigenvalue weighted by molar-refractivity contribution is 5.94. The van der Waals surface area contributed by atoms with E-state index in [1.165, 1.54) is 6.92 Å². The maximum absolute atomic E-state index is 10.9. The Morgan fingerprint density at radius 2 is 1.38 bits per heavy atom. The quantitative estimate of drug-likeness (QED) is 0.556. The Morgan fingerprint density at radius 1 is 0.875 bits per heavy atom. The summed E-state index contributed by atoms with van der Waals surface area (Å²) in [5.74, 6) is 0.264. The van der Waals surface area contributed by atoms with Crippen molar-refractivity contribution in [2.75, 3.05) is 34.5 Å². The van der Waals surface area contributed by atoms with Gasteiger partial charge in [0.25, 0.3) is 0 Å². The van der Waals surface area contributed by atoms with E-state index in [-0.39, 0.29) is 13.2 Å². The summed E-state index contributed by atoms with van der Waals surface area (Å²) in [6, 6.07) is 5.40. The molecule has 1 aromatic rings. The zero-order valence-corrected chi connectivity index (χ0v) is 15.1. The van der Waals surface area contributed by atoms with Crippen LogP contribution in [0, 0.1) is 5.92 Å². The number of carbonyl (C=O) groups is 2. The summed E-state index contributed by atoms with van der Waals surface area (Å²) in [6.07, 6.45) is 0. The summed E-state index contributed by atoms with van der Waals surface area (Å²) >= 11 is 0. The Kier molecular flexibility index (Phi) is 10.8. The first-order chi connectivity index (χ1) is 11.4. The minimum absolute atomic E-state index is 0.280. The number of hydrogen-bond donors (Lipinski definition) is 0. The zero-order valence-electron chi connectivity index (χ0n) is 15.1. The molecule has 0 spiro atoms. The summed E-state index contributed by atoms with van der Waals surface area (Å²) < 4.78 is 24.4. The Bertz CT molecular complexity index is 496. The predicted molar refractivity (Wildman–Crippen MR) is 88.5 cm³/mol. The molecule has 0 aliphatic rings. The third kappa shape index (κ3) is 7.21. The number of carbonyl (C=O) groups excluding carboxylic acids is 2. The molecule has 0 aliphatic heterocycles. The van der Waals surface area contributed by atoms with Crippen LogP contribution in [0.15, 0.2) is 18.2 Å². The van der Waals surface area contributed by atoms with Crippen LogP contribution in [0.5, 0.6) is 17.2 Å². The molecule has 0 saturated carbocycles. The fourth-order valence-electron chi connectivity index (χ4n) is 1.57. The van der Waals surface area contributed by atoms with E-state index in [0.29, 0.717) is 11.5 Å². The fourth-order valence-corrected chi connectivity index (χ4v) is 1.57. The second-order valence-corrected chi connectivity index (χ2v) is 4.45. The molecule has 0 saturated heterocycles. The molecule has 7 nitrogen and oxygen atoms in total. The van der Waals surface area contributed by atoms with Crippen LogP contribution in [-0.4, -0.2) is 46.5 Å². The van der Waals surface area contributed by atoms with Crippen LogP contribution in [0.1, 0.15) is 20.8 Å². The highest BCUT2D eigenvalue weighted by Crippen LogP contribution is 2.30. The molecule has 0 atom stereocenters. The van der Waals surface area contributed by atoms with Crippen LogP contribution in [0.2, 0.25) is 0 Å². The van der Waals surface area contributed by atoms with Gasteiger partial charge in [0.05, 0.1) is 34.5 Å². The molecule has 7 heteroatoms. The van der Waals surface area contributed by atoms with Crippen LogP contribution >= 0.6 is 0 Å².